The largest absolute Gasteiger partial charge is 0.496 e. The van der Waals surface area contributed by atoms with Crippen LogP contribution in [0.15, 0.2) is 18.2 Å². The van der Waals surface area contributed by atoms with E-state index in [2.05, 4.69) is 0 Å². The van der Waals surface area contributed by atoms with Gasteiger partial charge in [-0.25, -0.2) is 9.69 Å². The van der Waals surface area contributed by atoms with Crippen LogP contribution in [0.3, 0.4) is 0 Å². The molecule has 0 aromatic heterocycles. The fourth-order valence-electron chi connectivity index (χ4n) is 3.24. The summed E-state index contributed by atoms with van der Waals surface area (Å²) in [6, 6.07) is 4.26. The number of nitrogens with zero attached hydrogens (tertiary/aromatic N) is 1. The third kappa shape index (κ3) is 1.98. The summed E-state index contributed by atoms with van der Waals surface area (Å²) in [5.74, 6) is -1.79. The highest BCUT2D eigenvalue weighted by molar-refractivity contribution is 6.22. The minimum absolute atomic E-state index is 0.000499. The summed E-state index contributed by atoms with van der Waals surface area (Å²) >= 11 is 0. The molecule has 1 aromatic rings. The molecule has 1 heterocycles. The summed E-state index contributed by atoms with van der Waals surface area (Å²) < 4.78 is 5.04. The molecule has 2 fully saturated rings. The van der Waals surface area contributed by atoms with Gasteiger partial charge in [0.2, 0.25) is 11.8 Å². The summed E-state index contributed by atoms with van der Waals surface area (Å²) in [5.41, 5.74) is 0.377. The molecule has 1 saturated heterocycles. The zero-order valence-electron chi connectivity index (χ0n) is 11.5. The number of anilines is 1. The average molecular weight is 289 g/mol. The minimum Gasteiger partial charge on any atom is -0.496 e. The molecule has 0 bridgehead atoms. The molecule has 1 aliphatic heterocycles. The third-order valence-corrected chi connectivity index (χ3v) is 4.26. The van der Waals surface area contributed by atoms with Gasteiger partial charge in [0.15, 0.2) is 0 Å². The normalized spacial score (nSPS) is 24.3. The van der Waals surface area contributed by atoms with Crippen molar-refractivity contribution in [3.05, 3.63) is 23.8 Å². The quantitative estimate of drug-likeness (QED) is 0.856. The maximum atomic E-state index is 12.4. The first-order valence-corrected chi connectivity index (χ1v) is 6.83. The molecule has 6 nitrogen and oxygen atoms in total. The first kappa shape index (κ1) is 13.6. The molecule has 6 heteroatoms. The second-order valence-electron chi connectivity index (χ2n) is 5.35. The van der Waals surface area contributed by atoms with Crippen molar-refractivity contribution in [2.45, 2.75) is 19.3 Å². The predicted octanol–water partition coefficient (Wildman–Crippen LogP) is 1.68. The molecule has 1 aromatic carbocycles. The number of carboxylic acid groups (broad SMARTS) is 1. The number of carbonyl (C=O) groups excluding carboxylic acids is 2. The number of hydrogen-bond acceptors (Lipinski definition) is 4. The van der Waals surface area contributed by atoms with Crippen LogP contribution >= 0.6 is 0 Å². The van der Waals surface area contributed by atoms with Crippen LogP contribution in [-0.4, -0.2) is 30.0 Å². The number of methoxy groups -OCH3 is 1. The second-order valence-corrected chi connectivity index (χ2v) is 5.35. The van der Waals surface area contributed by atoms with E-state index in [1.165, 1.54) is 30.2 Å². The van der Waals surface area contributed by atoms with E-state index in [0.717, 1.165) is 19.3 Å². The lowest BCUT2D eigenvalue weighted by Crippen LogP contribution is -2.31. The Kier molecular flexibility index (Phi) is 3.16. The number of benzene rings is 1. The van der Waals surface area contributed by atoms with Gasteiger partial charge in [0.1, 0.15) is 11.3 Å². The number of carboxylic acids is 1. The lowest BCUT2D eigenvalue weighted by Gasteiger charge is -2.17. The molecule has 110 valence electrons. The molecular weight excluding hydrogens is 274 g/mol. The Hall–Kier alpha value is -2.37. The first-order chi connectivity index (χ1) is 10.0. The van der Waals surface area contributed by atoms with E-state index in [-0.39, 0.29) is 35.0 Å². The van der Waals surface area contributed by atoms with Gasteiger partial charge in [0.05, 0.1) is 24.6 Å². The molecule has 2 unspecified atom stereocenters. The molecule has 2 aliphatic rings. The van der Waals surface area contributed by atoms with Gasteiger partial charge in [-0.15, -0.1) is 0 Å². The summed E-state index contributed by atoms with van der Waals surface area (Å²) in [4.78, 5) is 37.0. The third-order valence-electron chi connectivity index (χ3n) is 4.26. The van der Waals surface area contributed by atoms with E-state index in [0.29, 0.717) is 5.69 Å². The monoisotopic (exact) mass is 289 g/mol. The Morgan fingerprint density at radius 2 is 1.86 bits per heavy atom. The van der Waals surface area contributed by atoms with Crippen molar-refractivity contribution in [2.24, 2.45) is 11.8 Å². The lowest BCUT2D eigenvalue weighted by atomic mass is 10.00. The topological polar surface area (TPSA) is 83.9 Å². The van der Waals surface area contributed by atoms with E-state index < -0.39 is 5.97 Å². The van der Waals surface area contributed by atoms with E-state index in [1.54, 1.807) is 0 Å². The van der Waals surface area contributed by atoms with Crippen molar-refractivity contribution in [1.82, 2.24) is 0 Å². The summed E-state index contributed by atoms with van der Waals surface area (Å²) in [6.45, 7) is 0. The van der Waals surface area contributed by atoms with Crippen LogP contribution in [0, 0.1) is 11.8 Å². The predicted molar refractivity (Wildman–Crippen MR) is 73.3 cm³/mol. The van der Waals surface area contributed by atoms with Gasteiger partial charge < -0.3 is 9.84 Å². The van der Waals surface area contributed by atoms with Crippen LogP contribution in [0.1, 0.15) is 29.6 Å². The highest BCUT2D eigenvalue weighted by Crippen LogP contribution is 2.42. The van der Waals surface area contributed by atoms with E-state index in [4.69, 9.17) is 9.84 Å². The number of hydrogen-bond donors (Lipinski definition) is 1. The molecule has 1 aliphatic carbocycles. The number of carbonyl (C=O) groups is 3. The van der Waals surface area contributed by atoms with Crippen LogP contribution in [-0.2, 0) is 9.59 Å². The van der Waals surface area contributed by atoms with Crippen molar-refractivity contribution in [3.8, 4) is 5.75 Å². The van der Waals surface area contributed by atoms with Gasteiger partial charge in [-0.3, -0.25) is 9.59 Å². The molecule has 2 atom stereocenters. The number of fused-ring (bicyclic) bond motifs is 1. The number of amides is 2. The number of aromatic carboxylic acids is 1. The van der Waals surface area contributed by atoms with Crippen molar-refractivity contribution >= 4 is 23.5 Å². The Balaban J connectivity index is 1.99. The smallest absolute Gasteiger partial charge is 0.339 e. The Morgan fingerprint density at radius 1 is 1.24 bits per heavy atom. The molecule has 1 N–H and O–H groups in total. The van der Waals surface area contributed by atoms with Crippen LogP contribution in [0.25, 0.3) is 0 Å². The fourth-order valence-corrected chi connectivity index (χ4v) is 3.24. The Morgan fingerprint density at radius 3 is 2.38 bits per heavy atom. The molecule has 0 radical (unpaired) electrons. The highest BCUT2D eigenvalue weighted by Gasteiger charge is 2.50. The number of rotatable bonds is 3. The average Bonchev–Trinajstić information content (AvgIpc) is 3.03. The summed E-state index contributed by atoms with van der Waals surface area (Å²) in [7, 11) is 1.36. The molecular formula is C15H15NO5. The van der Waals surface area contributed by atoms with Crippen molar-refractivity contribution in [2.75, 3.05) is 12.0 Å². The van der Waals surface area contributed by atoms with E-state index in [1.807, 2.05) is 0 Å². The van der Waals surface area contributed by atoms with Gasteiger partial charge in [-0.2, -0.15) is 0 Å². The van der Waals surface area contributed by atoms with Crippen molar-refractivity contribution in [1.29, 1.82) is 0 Å². The molecule has 1 saturated carbocycles. The highest BCUT2D eigenvalue weighted by atomic mass is 16.5. The van der Waals surface area contributed by atoms with Crippen LogP contribution < -0.4 is 9.64 Å². The van der Waals surface area contributed by atoms with E-state index >= 15 is 0 Å². The SMILES string of the molecule is COc1cc(N2C(=O)C3CCCC3C2=O)ccc1C(=O)O. The van der Waals surface area contributed by atoms with E-state index in [9.17, 15) is 14.4 Å². The fraction of sp³-hybridized carbons (Fsp3) is 0.400. The molecule has 3 rings (SSSR count). The molecule has 2 amide bonds. The van der Waals surface area contributed by atoms with Crippen LogP contribution in [0.4, 0.5) is 5.69 Å². The van der Waals surface area contributed by atoms with Gasteiger partial charge >= 0.3 is 5.97 Å². The molecule has 0 spiro atoms. The summed E-state index contributed by atoms with van der Waals surface area (Å²) in [5, 5.41) is 9.06. The maximum absolute atomic E-state index is 12.4. The minimum atomic E-state index is -1.12. The number of imide groups is 1. The summed E-state index contributed by atoms with van der Waals surface area (Å²) in [6.07, 6.45) is 2.40. The van der Waals surface area contributed by atoms with Crippen LogP contribution in [0.5, 0.6) is 5.75 Å². The second kappa shape index (κ2) is 4.87. The standard InChI is InChI=1S/C15H15NO5/c1-21-12-7-8(5-6-11(12)15(19)20)16-13(17)9-3-2-4-10(9)14(16)18/h5-7,9-10H,2-4H2,1H3,(H,19,20). The van der Waals surface area contributed by atoms with Crippen molar-refractivity contribution < 1.29 is 24.2 Å². The number of ether oxygens (including phenoxy) is 1. The first-order valence-electron chi connectivity index (χ1n) is 6.83. The van der Waals surface area contributed by atoms with Gasteiger partial charge in [-0.05, 0) is 25.0 Å². The van der Waals surface area contributed by atoms with Gasteiger partial charge in [0, 0.05) is 6.07 Å². The Bertz CT molecular complexity index is 617. The van der Waals surface area contributed by atoms with Crippen LogP contribution in [0.2, 0.25) is 0 Å². The Labute approximate surface area is 121 Å². The van der Waals surface area contributed by atoms with Gasteiger partial charge in [-0.1, -0.05) is 6.42 Å². The van der Waals surface area contributed by atoms with Gasteiger partial charge in [0.25, 0.3) is 0 Å². The maximum Gasteiger partial charge on any atom is 0.339 e. The zero-order valence-corrected chi connectivity index (χ0v) is 11.5. The zero-order chi connectivity index (χ0) is 15.1. The lowest BCUT2D eigenvalue weighted by molar-refractivity contribution is -0.122. The van der Waals surface area contributed by atoms with Crippen molar-refractivity contribution in [3.63, 3.8) is 0 Å². The molecule has 21 heavy (non-hydrogen) atoms.